The fourth-order valence-electron chi connectivity index (χ4n) is 2.12. The highest BCUT2D eigenvalue weighted by molar-refractivity contribution is 7.89. The monoisotopic (exact) mass is 305 g/mol. The molecular weight excluding hydrogens is 286 g/mol. The predicted molar refractivity (Wildman–Crippen MR) is 82.3 cm³/mol. The molecule has 0 saturated heterocycles. The van der Waals surface area contributed by atoms with E-state index in [2.05, 4.69) is 4.72 Å². The van der Waals surface area contributed by atoms with Crippen LogP contribution in [0, 0.1) is 0 Å². The van der Waals surface area contributed by atoms with E-state index in [1.807, 2.05) is 30.3 Å². The van der Waals surface area contributed by atoms with Crippen LogP contribution in [0.2, 0.25) is 0 Å². The summed E-state index contributed by atoms with van der Waals surface area (Å²) < 4.78 is 27.0. The second-order valence-electron chi connectivity index (χ2n) is 4.75. The highest BCUT2D eigenvalue weighted by Gasteiger charge is 2.16. The van der Waals surface area contributed by atoms with Crippen LogP contribution in [-0.4, -0.2) is 20.1 Å². The maximum absolute atomic E-state index is 12.2. The molecule has 2 aromatic carbocycles. The molecule has 2 N–H and O–H groups in total. The minimum atomic E-state index is -3.57. The van der Waals surface area contributed by atoms with Crippen LogP contribution in [0.1, 0.15) is 17.5 Å². The van der Waals surface area contributed by atoms with Gasteiger partial charge in [-0.15, -0.1) is 0 Å². The fraction of sp³-hybridized carbons (Fsp3) is 0.250. The van der Waals surface area contributed by atoms with E-state index in [4.69, 9.17) is 0 Å². The second-order valence-corrected chi connectivity index (χ2v) is 6.49. The first kappa shape index (κ1) is 15.7. The van der Waals surface area contributed by atoms with Gasteiger partial charge in [0, 0.05) is 6.54 Å². The summed E-state index contributed by atoms with van der Waals surface area (Å²) in [6.45, 7) is 0.0814. The van der Waals surface area contributed by atoms with Crippen molar-refractivity contribution >= 4 is 10.0 Å². The largest absolute Gasteiger partial charge is 0.392 e. The van der Waals surface area contributed by atoms with Gasteiger partial charge in [-0.2, -0.15) is 0 Å². The molecule has 4 nitrogen and oxygen atoms in total. The molecule has 0 spiro atoms. The van der Waals surface area contributed by atoms with Gasteiger partial charge in [0.05, 0.1) is 11.5 Å². The van der Waals surface area contributed by atoms with Crippen molar-refractivity contribution in [2.45, 2.75) is 24.3 Å². The van der Waals surface area contributed by atoms with Crippen molar-refractivity contribution in [3.63, 3.8) is 0 Å². The third-order valence-corrected chi connectivity index (χ3v) is 4.77. The number of aliphatic hydroxyl groups excluding tert-OH is 1. The Balaban J connectivity index is 1.93. The normalized spacial score (nSPS) is 11.5. The van der Waals surface area contributed by atoms with E-state index in [0.717, 1.165) is 12.8 Å². The van der Waals surface area contributed by atoms with Gasteiger partial charge in [-0.1, -0.05) is 48.5 Å². The van der Waals surface area contributed by atoms with Crippen molar-refractivity contribution in [2.75, 3.05) is 6.54 Å². The lowest BCUT2D eigenvalue weighted by Crippen LogP contribution is -2.26. The zero-order chi connectivity index (χ0) is 15.1. The second kappa shape index (κ2) is 7.36. The molecule has 5 heteroatoms. The van der Waals surface area contributed by atoms with E-state index in [1.54, 1.807) is 18.2 Å². The highest BCUT2D eigenvalue weighted by atomic mass is 32.2. The molecule has 0 aromatic heterocycles. The summed E-state index contributed by atoms with van der Waals surface area (Å²) in [4.78, 5) is 0.146. The molecule has 0 heterocycles. The average molecular weight is 305 g/mol. The number of hydrogen-bond acceptors (Lipinski definition) is 3. The summed E-state index contributed by atoms with van der Waals surface area (Å²) in [5.41, 5.74) is 1.60. The Bertz CT molecular complexity index is 669. The van der Waals surface area contributed by atoms with Gasteiger partial charge in [0.2, 0.25) is 10.0 Å². The predicted octanol–water partition coefficient (Wildman–Crippen LogP) is 2.09. The van der Waals surface area contributed by atoms with Crippen molar-refractivity contribution in [1.29, 1.82) is 0 Å². The van der Waals surface area contributed by atoms with Crippen molar-refractivity contribution in [2.24, 2.45) is 0 Å². The van der Waals surface area contributed by atoms with Crippen LogP contribution >= 0.6 is 0 Å². The van der Waals surface area contributed by atoms with Gasteiger partial charge < -0.3 is 5.11 Å². The summed E-state index contributed by atoms with van der Waals surface area (Å²) in [6.07, 6.45) is 1.55. The Morgan fingerprint density at radius 1 is 0.952 bits per heavy atom. The summed E-state index contributed by atoms with van der Waals surface area (Å²) in [5.74, 6) is 0. The van der Waals surface area contributed by atoms with Crippen LogP contribution in [0.4, 0.5) is 0 Å². The van der Waals surface area contributed by atoms with Gasteiger partial charge in [-0.25, -0.2) is 13.1 Å². The summed E-state index contributed by atoms with van der Waals surface area (Å²) in [5, 5.41) is 9.21. The molecule has 112 valence electrons. The van der Waals surface area contributed by atoms with Crippen molar-refractivity contribution < 1.29 is 13.5 Å². The van der Waals surface area contributed by atoms with E-state index in [9.17, 15) is 13.5 Å². The van der Waals surface area contributed by atoms with Gasteiger partial charge in [0.25, 0.3) is 0 Å². The Morgan fingerprint density at radius 2 is 1.62 bits per heavy atom. The molecular formula is C16H19NO3S. The lowest BCUT2D eigenvalue weighted by Gasteiger charge is -2.10. The van der Waals surface area contributed by atoms with Gasteiger partial charge in [0.15, 0.2) is 0 Å². The Labute approximate surface area is 125 Å². The lowest BCUT2D eigenvalue weighted by molar-refractivity contribution is 0.278. The Kier molecular flexibility index (Phi) is 5.50. The lowest BCUT2D eigenvalue weighted by atomic mass is 10.1. The molecule has 2 aromatic rings. The molecule has 0 amide bonds. The number of hydrogen-bond donors (Lipinski definition) is 2. The Morgan fingerprint density at radius 3 is 2.33 bits per heavy atom. The standard InChI is InChI=1S/C16H19NO3S/c18-13-15-10-4-5-11-16(15)21(19,20)17-12-6-9-14-7-2-1-3-8-14/h1-5,7-8,10-11,17-18H,6,9,12-13H2. The summed E-state index contributed by atoms with van der Waals surface area (Å²) in [7, 11) is -3.57. The van der Waals surface area contributed by atoms with Gasteiger partial charge in [-0.3, -0.25) is 0 Å². The quantitative estimate of drug-likeness (QED) is 0.770. The van der Waals surface area contributed by atoms with Gasteiger partial charge >= 0.3 is 0 Å². The zero-order valence-electron chi connectivity index (χ0n) is 11.7. The summed E-state index contributed by atoms with van der Waals surface area (Å²) in [6, 6.07) is 16.4. The van der Waals surface area contributed by atoms with Crippen LogP contribution in [-0.2, 0) is 23.1 Å². The maximum Gasteiger partial charge on any atom is 0.240 e. The smallest absolute Gasteiger partial charge is 0.240 e. The van der Waals surface area contributed by atoms with E-state index in [-0.39, 0.29) is 11.5 Å². The maximum atomic E-state index is 12.2. The molecule has 0 radical (unpaired) electrons. The number of sulfonamides is 1. The minimum Gasteiger partial charge on any atom is -0.392 e. The molecule has 0 saturated carbocycles. The van der Waals surface area contributed by atoms with Crippen LogP contribution in [0.15, 0.2) is 59.5 Å². The SMILES string of the molecule is O=S(=O)(NCCCc1ccccc1)c1ccccc1CO. The first-order valence-electron chi connectivity index (χ1n) is 6.86. The number of rotatable bonds is 7. The third kappa shape index (κ3) is 4.39. The van der Waals surface area contributed by atoms with Crippen LogP contribution < -0.4 is 4.72 Å². The summed E-state index contributed by atoms with van der Waals surface area (Å²) >= 11 is 0. The number of aliphatic hydroxyl groups is 1. The highest BCUT2D eigenvalue weighted by Crippen LogP contribution is 2.15. The fourth-order valence-corrected chi connectivity index (χ4v) is 3.42. The number of nitrogens with one attached hydrogen (secondary N) is 1. The third-order valence-electron chi connectivity index (χ3n) is 3.21. The first-order chi connectivity index (χ1) is 10.1. The van der Waals surface area contributed by atoms with Crippen LogP contribution in [0.25, 0.3) is 0 Å². The van der Waals surface area contributed by atoms with Gasteiger partial charge in [0.1, 0.15) is 0 Å². The average Bonchev–Trinajstić information content (AvgIpc) is 2.52. The first-order valence-corrected chi connectivity index (χ1v) is 8.34. The molecule has 2 rings (SSSR count). The van der Waals surface area contributed by atoms with Crippen molar-refractivity contribution in [3.8, 4) is 0 Å². The minimum absolute atomic E-state index is 0.146. The molecule has 0 bridgehead atoms. The molecule has 0 fully saturated rings. The van der Waals surface area contributed by atoms with Crippen molar-refractivity contribution in [3.05, 3.63) is 65.7 Å². The van der Waals surface area contributed by atoms with E-state index in [1.165, 1.54) is 11.6 Å². The molecule has 0 aliphatic carbocycles. The van der Waals surface area contributed by atoms with E-state index in [0.29, 0.717) is 12.1 Å². The number of benzene rings is 2. The molecule has 0 atom stereocenters. The molecule has 0 aliphatic heterocycles. The van der Waals surface area contributed by atoms with Crippen LogP contribution in [0.5, 0.6) is 0 Å². The van der Waals surface area contributed by atoms with E-state index >= 15 is 0 Å². The molecule has 0 aliphatic rings. The van der Waals surface area contributed by atoms with E-state index < -0.39 is 10.0 Å². The Hall–Kier alpha value is -1.69. The zero-order valence-corrected chi connectivity index (χ0v) is 12.5. The molecule has 0 unspecified atom stereocenters. The van der Waals surface area contributed by atoms with Crippen molar-refractivity contribution in [1.82, 2.24) is 4.72 Å². The van der Waals surface area contributed by atoms with Gasteiger partial charge in [-0.05, 0) is 30.0 Å². The molecule has 21 heavy (non-hydrogen) atoms. The van der Waals surface area contributed by atoms with Crippen LogP contribution in [0.3, 0.4) is 0 Å². The number of aryl methyl sites for hydroxylation is 1. The topological polar surface area (TPSA) is 66.4 Å².